The Kier molecular flexibility index (Phi) is 6.21. The van der Waals surface area contributed by atoms with Crippen LogP contribution in [0.4, 0.5) is 0 Å². The first-order valence-corrected chi connectivity index (χ1v) is 9.03. The first-order valence-electron chi connectivity index (χ1n) is 9.03. The highest BCUT2D eigenvalue weighted by Gasteiger charge is 2.21. The number of benzene rings is 1. The lowest BCUT2D eigenvalue weighted by atomic mass is 10.1. The fourth-order valence-electron chi connectivity index (χ4n) is 2.62. The molecular formula is C20H22N4O4. The first kappa shape index (κ1) is 19.3. The SMILES string of the molecule is CCOc1ccccc1Oc1ccc(CNC(=O)C2=NN(C)C(=O)CC2)cn1. The van der Waals surface area contributed by atoms with E-state index in [0.717, 1.165) is 5.56 Å². The van der Waals surface area contributed by atoms with E-state index in [1.807, 2.05) is 37.3 Å². The van der Waals surface area contributed by atoms with E-state index in [0.29, 0.717) is 49.1 Å². The van der Waals surface area contributed by atoms with Gasteiger partial charge in [0, 0.05) is 38.7 Å². The highest BCUT2D eigenvalue weighted by atomic mass is 16.5. The molecule has 2 heterocycles. The number of pyridine rings is 1. The fourth-order valence-corrected chi connectivity index (χ4v) is 2.62. The number of ether oxygens (including phenoxy) is 2. The van der Waals surface area contributed by atoms with Crippen LogP contribution in [0.2, 0.25) is 0 Å². The fraction of sp³-hybridized carbons (Fsp3) is 0.300. The summed E-state index contributed by atoms with van der Waals surface area (Å²) < 4.78 is 11.3. The zero-order chi connectivity index (χ0) is 19.9. The van der Waals surface area contributed by atoms with Crippen LogP contribution in [0.25, 0.3) is 0 Å². The summed E-state index contributed by atoms with van der Waals surface area (Å²) in [6.07, 6.45) is 2.27. The molecule has 2 aromatic rings. The van der Waals surface area contributed by atoms with E-state index < -0.39 is 0 Å². The number of para-hydroxylation sites is 2. The van der Waals surface area contributed by atoms with Crippen molar-refractivity contribution in [2.75, 3.05) is 13.7 Å². The van der Waals surface area contributed by atoms with Crippen molar-refractivity contribution in [3.63, 3.8) is 0 Å². The molecule has 1 aromatic carbocycles. The second-order valence-electron chi connectivity index (χ2n) is 6.13. The molecule has 2 amide bonds. The Balaban J connectivity index is 1.57. The van der Waals surface area contributed by atoms with Gasteiger partial charge in [0.1, 0.15) is 5.71 Å². The van der Waals surface area contributed by atoms with Gasteiger partial charge in [-0.05, 0) is 24.6 Å². The molecule has 0 saturated carbocycles. The van der Waals surface area contributed by atoms with Crippen molar-refractivity contribution in [1.82, 2.24) is 15.3 Å². The third kappa shape index (κ3) is 4.85. The van der Waals surface area contributed by atoms with Gasteiger partial charge in [0.25, 0.3) is 5.91 Å². The number of carbonyl (C=O) groups excluding carboxylic acids is 2. The standard InChI is InChI=1S/C20H22N4O4/c1-3-27-16-6-4-5-7-17(16)28-18-10-8-14(12-21-18)13-22-20(26)15-9-11-19(25)24(2)23-15/h4-8,10,12H,3,9,11,13H2,1-2H3,(H,22,26). The molecule has 1 aliphatic rings. The van der Waals surface area contributed by atoms with Crippen LogP contribution < -0.4 is 14.8 Å². The summed E-state index contributed by atoms with van der Waals surface area (Å²) in [7, 11) is 1.54. The van der Waals surface area contributed by atoms with Crippen molar-refractivity contribution in [2.24, 2.45) is 5.10 Å². The van der Waals surface area contributed by atoms with Gasteiger partial charge in [0.2, 0.25) is 11.8 Å². The average molecular weight is 382 g/mol. The molecule has 1 N–H and O–H groups in total. The normalized spacial score (nSPS) is 13.7. The van der Waals surface area contributed by atoms with Gasteiger partial charge >= 0.3 is 0 Å². The second-order valence-corrected chi connectivity index (χ2v) is 6.13. The number of carbonyl (C=O) groups is 2. The smallest absolute Gasteiger partial charge is 0.267 e. The zero-order valence-corrected chi connectivity index (χ0v) is 15.8. The maximum atomic E-state index is 12.2. The molecule has 8 nitrogen and oxygen atoms in total. The minimum Gasteiger partial charge on any atom is -0.490 e. The lowest BCUT2D eigenvalue weighted by Gasteiger charge is -2.18. The van der Waals surface area contributed by atoms with Gasteiger partial charge in [0.05, 0.1) is 6.61 Å². The maximum absolute atomic E-state index is 12.2. The Morgan fingerprint density at radius 1 is 1.18 bits per heavy atom. The monoisotopic (exact) mass is 382 g/mol. The molecule has 0 spiro atoms. The number of rotatable bonds is 7. The van der Waals surface area contributed by atoms with E-state index in [2.05, 4.69) is 15.4 Å². The average Bonchev–Trinajstić information content (AvgIpc) is 2.71. The molecule has 0 unspecified atom stereocenters. The van der Waals surface area contributed by atoms with Crippen LogP contribution in [-0.4, -0.2) is 41.2 Å². The minimum atomic E-state index is -0.287. The van der Waals surface area contributed by atoms with Gasteiger partial charge in [-0.1, -0.05) is 18.2 Å². The molecular weight excluding hydrogens is 360 g/mol. The summed E-state index contributed by atoms with van der Waals surface area (Å²) in [5.41, 5.74) is 1.17. The highest BCUT2D eigenvalue weighted by molar-refractivity contribution is 6.39. The number of hydrogen-bond donors (Lipinski definition) is 1. The molecule has 0 saturated heterocycles. The number of hydrogen-bond acceptors (Lipinski definition) is 6. The van der Waals surface area contributed by atoms with Gasteiger partial charge in [-0.15, -0.1) is 0 Å². The van der Waals surface area contributed by atoms with Crippen molar-refractivity contribution >= 4 is 17.5 Å². The van der Waals surface area contributed by atoms with Gasteiger partial charge < -0.3 is 14.8 Å². The number of hydrazone groups is 1. The molecule has 8 heteroatoms. The van der Waals surface area contributed by atoms with Crippen LogP contribution in [0.5, 0.6) is 17.4 Å². The summed E-state index contributed by atoms with van der Waals surface area (Å²) in [5, 5.41) is 7.99. The third-order valence-electron chi connectivity index (χ3n) is 4.08. The van der Waals surface area contributed by atoms with Crippen LogP contribution in [-0.2, 0) is 16.1 Å². The lowest BCUT2D eigenvalue weighted by molar-refractivity contribution is -0.130. The first-order chi connectivity index (χ1) is 13.6. The van der Waals surface area contributed by atoms with Gasteiger partial charge in [-0.25, -0.2) is 9.99 Å². The Morgan fingerprint density at radius 2 is 1.96 bits per heavy atom. The summed E-state index contributed by atoms with van der Waals surface area (Å²) >= 11 is 0. The van der Waals surface area contributed by atoms with Crippen molar-refractivity contribution in [3.05, 3.63) is 48.2 Å². The zero-order valence-electron chi connectivity index (χ0n) is 15.8. The predicted octanol–water partition coefficient (Wildman–Crippen LogP) is 2.50. The molecule has 0 atom stereocenters. The summed E-state index contributed by atoms with van der Waals surface area (Å²) in [6.45, 7) is 2.76. The molecule has 28 heavy (non-hydrogen) atoms. The van der Waals surface area contributed by atoms with E-state index in [-0.39, 0.29) is 11.8 Å². The van der Waals surface area contributed by atoms with Crippen molar-refractivity contribution < 1.29 is 19.1 Å². The number of amides is 2. The summed E-state index contributed by atoms with van der Waals surface area (Å²) in [6, 6.07) is 10.9. The molecule has 0 aliphatic carbocycles. The predicted molar refractivity (Wildman–Crippen MR) is 103 cm³/mol. The number of nitrogens with one attached hydrogen (secondary N) is 1. The van der Waals surface area contributed by atoms with Crippen LogP contribution in [0, 0.1) is 0 Å². The third-order valence-corrected chi connectivity index (χ3v) is 4.08. The molecule has 146 valence electrons. The minimum absolute atomic E-state index is 0.0951. The van der Waals surface area contributed by atoms with Crippen LogP contribution in [0.15, 0.2) is 47.7 Å². The van der Waals surface area contributed by atoms with E-state index in [1.54, 1.807) is 19.3 Å². The molecule has 0 radical (unpaired) electrons. The van der Waals surface area contributed by atoms with Crippen molar-refractivity contribution in [2.45, 2.75) is 26.3 Å². The molecule has 0 bridgehead atoms. The van der Waals surface area contributed by atoms with E-state index in [9.17, 15) is 9.59 Å². The quantitative estimate of drug-likeness (QED) is 0.794. The Bertz CT molecular complexity index is 880. The lowest BCUT2D eigenvalue weighted by Crippen LogP contribution is -2.37. The molecule has 0 fully saturated rings. The number of nitrogens with zero attached hydrogens (tertiary/aromatic N) is 3. The van der Waals surface area contributed by atoms with Gasteiger partial charge in [-0.2, -0.15) is 5.10 Å². The Hall–Kier alpha value is -3.42. The Morgan fingerprint density at radius 3 is 2.64 bits per heavy atom. The molecule has 1 aromatic heterocycles. The largest absolute Gasteiger partial charge is 0.490 e. The highest BCUT2D eigenvalue weighted by Crippen LogP contribution is 2.30. The summed E-state index contributed by atoms with van der Waals surface area (Å²) in [5.74, 6) is 1.29. The second kappa shape index (κ2) is 8.98. The maximum Gasteiger partial charge on any atom is 0.267 e. The van der Waals surface area contributed by atoms with Gasteiger partial charge in [-0.3, -0.25) is 9.59 Å². The van der Waals surface area contributed by atoms with Gasteiger partial charge in [0.15, 0.2) is 11.5 Å². The van der Waals surface area contributed by atoms with Crippen LogP contribution in [0.1, 0.15) is 25.3 Å². The summed E-state index contributed by atoms with van der Waals surface area (Å²) in [4.78, 5) is 27.9. The Labute approximate surface area is 163 Å². The van der Waals surface area contributed by atoms with Crippen molar-refractivity contribution in [3.8, 4) is 17.4 Å². The molecule has 1 aliphatic heterocycles. The number of aromatic nitrogens is 1. The topological polar surface area (TPSA) is 93.1 Å². The van der Waals surface area contributed by atoms with E-state index in [4.69, 9.17) is 9.47 Å². The van der Waals surface area contributed by atoms with Crippen LogP contribution in [0.3, 0.4) is 0 Å². The van der Waals surface area contributed by atoms with Crippen LogP contribution >= 0.6 is 0 Å². The van der Waals surface area contributed by atoms with Crippen molar-refractivity contribution in [1.29, 1.82) is 0 Å². The van der Waals surface area contributed by atoms with E-state index >= 15 is 0 Å². The molecule has 3 rings (SSSR count). The van der Waals surface area contributed by atoms with E-state index in [1.165, 1.54) is 5.01 Å².